The summed E-state index contributed by atoms with van der Waals surface area (Å²) in [6, 6.07) is 6.15. The first-order chi connectivity index (χ1) is 8.66. The van der Waals surface area contributed by atoms with Crippen molar-refractivity contribution in [1.29, 1.82) is 0 Å². The molecule has 0 spiro atoms. The monoisotopic (exact) mass is 264 g/mol. The number of pyridine rings is 1. The Hall–Kier alpha value is -2.14. The quantitative estimate of drug-likeness (QED) is 0.521. The van der Waals surface area contributed by atoms with Gasteiger partial charge in [0.2, 0.25) is 5.78 Å². The molecule has 18 heavy (non-hydrogen) atoms. The van der Waals surface area contributed by atoms with Crippen molar-refractivity contribution in [3.8, 4) is 0 Å². The number of hydrogen-bond donors (Lipinski definition) is 1. The molecule has 2 rings (SSSR count). The molecule has 2 heterocycles. The molecule has 0 radical (unpaired) electrons. The van der Waals surface area contributed by atoms with E-state index in [0.29, 0.717) is 5.69 Å². The SMILES string of the molecule is O=C(OCC(=O)c1ccc[nH]1)c1ccnc(Cl)c1. The first-order valence-corrected chi connectivity index (χ1v) is 5.50. The summed E-state index contributed by atoms with van der Waals surface area (Å²) in [5.41, 5.74) is 0.657. The highest BCUT2D eigenvalue weighted by Gasteiger charge is 2.12. The molecule has 0 aliphatic heterocycles. The number of Topliss-reactive ketones (excluding diaryl/α,β-unsaturated/α-hetero) is 1. The van der Waals surface area contributed by atoms with Crippen LogP contribution < -0.4 is 0 Å². The predicted octanol–water partition coefficient (Wildman–Crippen LogP) is 2.10. The molecule has 0 atom stereocenters. The first kappa shape index (κ1) is 12.3. The number of esters is 1. The fourth-order valence-corrected chi connectivity index (χ4v) is 1.50. The highest BCUT2D eigenvalue weighted by atomic mass is 35.5. The van der Waals surface area contributed by atoms with Gasteiger partial charge in [-0.15, -0.1) is 0 Å². The number of H-pyrrole nitrogens is 1. The normalized spacial score (nSPS) is 10.1. The van der Waals surface area contributed by atoms with Gasteiger partial charge in [-0.25, -0.2) is 9.78 Å². The molecular formula is C12H9ClN2O3. The molecule has 0 fully saturated rings. The first-order valence-electron chi connectivity index (χ1n) is 5.12. The number of halogens is 1. The lowest BCUT2D eigenvalue weighted by Gasteiger charge is -2.03. The maximum atomic E-state index is 11.6. The molecule has 5 nitrogen and oxygen atoms in total. The van der Waals surface area contributed by atoms with Gasteiger partial charge in [0.1, 0.15) is 5.15 Å². The van der Waals surface area contributed by atoms with E-state index in [0.717, 1.165) is 0 Å². The van der Waals surface area contributed by atoms with Crippen LogP contribution in [0.4, 0.5) is 0 Å². The number of carbonyl (C=O) groups is 2. The highest BCUT2D eigenvalue weighted by Crippen LogP contribution is 2.08. The molecule has 6 heteroatoms. The standard InChI is InChI=1S/C12H9ClN2O3/c13-11-6-8(3-5-15-11)12(17)18-7-10(16)9-2-1-4-14-9/h1-6,14H,7H2. The Kier molecular flexibility index (Phi) is 3.74. The molecule has 2 aromatic heterocycles. The minimum Gasteiger partial charge on any atom is -0.454 e. The molecule has 0 bridgehead atoms. The van der Waals surface area contributed by atoms with E-state index in [1.165, 1.54) is 18.3 Å². The van der Waals surface area contributed by atoms with E-state index in [9.17, 15) is 9.59 Å². The average Bonchev–Trinajstić information content (AvgIpc) is 2.89. The summed E-state index contributed by atoms with van der Waals surface area (Å²) >= 11 is 5.64. The van der Waals surface area contributed by atoms with E-state index >= 15 is 0 Å². The third kappa shape index (κ3) is 2.95. The van der Waals surface area contributed by atoms with E-state index < -0.39 is 5.97 Å². The van der Waals surface area contributed by atoms with E-state index in [1.807, 2.05) is 0 Å². The highest BCUT2D eigenvalue weighted by molar-refractivity contribution is 6.29. The topological polar surface area (TPSA) is 72.1 Å². The largest absolute Gasteiger partial charge is 0.454 e. The van der Waals surface area contributed by atoms with Crippen LogP contribution in [0.2, 0.25) is 5.15 Å². The molecule has 0 aliphatic carbocycles. The van der Waals surface area contributed by atoms with Crippen LogP contribution in [0.5, 0.6) is 0 Å². The van der Waals surface area contributed by atoms with Gasteiger partial charge in [0.05, 0.1) is 11.3 Å². The molecule has 0 saturated heterocycles. The van der Waals surface area contributed by atoms with Crippen LogP contribution in [0.15, 0.2) is 36.7 Å². The van der Waals surface area contributed by atoms with Gasteiger partial charge in [-0.05, 0) is 24.3 Å². The van der Waals surface area contributed by atoms with Gasteiger partial charge in [0.25, 0.3) is 0 Å². The number of rotatable bonds is 4. The molecule has 0 amide bonds. The number of carbonyl (C=O) groups excluding carboxylic acids is 2. The van der Waals surface area contributed by atoms with Gasteiger partial charge in [-0.3, -0.25) is 4.79 Å². The number of ether oxygens (including phenoxy) is 1. The van der Waals surface area contributed by atoms with Crippen molar-refractivity contribution in [3.05, 3.63) is 53.1 Å². The van der Waals surface area contributed by atoms with Crippen LogP contribution in [0, 0.1) is 0 Å². The maximum Gasteiger partial charge on any atom is 0.338 e. The minimum atomic E-state index is -0.612. The summed E-state index contributed by atoms with van der Waals surface area (Å²) in [4.78, 5) is 29.6. The van der Waals surface area contributed by atoms with Crippen LogP contribution in [0.25, 0.3) is 0 Å². The molecule has 2 aromatic rings. The molecular weight excluding hydrogens is 256 g/mol. The van der Waals surface area contributed by atoms with Crippen LogP contribution in [0.1, 0.15) is 20.8 Å². The van der Waals surface area contributed by atoms with Crippen LogP contribution in [-0.4, -0.2) is 28.3 Å². The van der Waals surface area contributed by atoms with Crippen molar-refractivity contribution in [2.75, 3.05) is 6.61 Å². The smallest absolute Gasteiger partial charge is 0.338 e. The molecule has 0 unspecified atom stereocenters. The number of hydrogen-bond acceptors (Lipinski definition) is 4. The third-order valence-corrected chi connectivity index (χ3v) is 2.40. The van der Waals surface area contributed by atoms with Gasteiger partial charge >= 0.3 is 5.97 Å². The molecule has 0 aliphatic rings. The second-order valence-corrected chi connectivity index (χ2v) is 3.84. The van der Waals surface area contributed by atoms with Crippen molar-refractivity contribution in [2.45, 2.75) is 0 Å². The molecule has 1 N–H and O–H groups in total. The lowest BCUT2D eigenvalue weighted by atomic mass is 10.3. The number of ketones is 1. The summed E-state index contributed by atoms with van der Waals surface area (Å²) in [5, 5.41) is 0.195. The average molecular weight is 265 g/mol. The summed E-state index contributed by atoms with van der Waals surface area (Å²) in [6.45, 7) is -0.320. The zero-order valence-corrected chi connectivity index (χ0v) is 9.98. The van der Waals surface area contributed by atoms with Gasteiger partial charge in [-0.1, -0.05) is 11.6 Å². The molecule has 92 valence electrons. The Morgan fingerprint density at radius 3 is 2.89 bits per heavy atom. The third-order valence-electron chi connectivity index (χ3n) is 2.19. The van der Waals surface area contributed by atoms with Crippen molar-refractivity contribution >= 4 is 23.4 Å². The van der Waals surface area contributed by atoms with E-state index in [4.69, 9.17) is 16.3 Å². The molecule has 0 aromatic carbocycles. The summed E-state index contributed by atoms with van der Waals surface area (Å²) in [7, 11) is 0. The summed E-state index contributed by atoms with van der Waals surface area (Å²) in [6.07, 6.45) is 3.02. The van der Waals surface area contributed by atoms with E-state index in [2.05, 4.69) is 9.97 Å². The number of nitrogens with one attached hydrogen (secondary N) is 1. The fraction of sp³-hybridized carbons (Fsp3) is 0.0833. The number of aromatic nitrogens is 2. The minimum absolute atomic E-state index is 0.195. The predicted molar refractivity (Wildman–Crippen MR) is 64.7 cm³/mol. The zero-order valence-electron chi connectivity index (χ0n) is 9.22. The maximum absolute atomic E-state index is 11.6. The Morgan fingerprint density at radius 1 is 1.39 bits per heavy atom. The Morgan fingerprint density at radius 2 is 2.22 bits per heavy atom. The van der Waals surface area contributed by atoms with Crippen LogP contribution in [-0.2, 0) is 4.74 Å². The lowest BCUT2D eigenvalue weighted by molar-refractivity contribution is 0.0473. The van der Waals surface area contributed by atoms with E-state index in [-0.39, 0.29) is 23.1 Å². The Bertz CT molecular complexity index is 566. The van der Waals surface area contributed by atoms with Crippen molar-refractivity contribution in [1.82, 2.24) is 9.97 Å². The second-order valence-electron chi connectivity index (χ2n) is 3.45. The number of nitrogens with zero attached hydrogens (tertiary/aromatic N) is 1. The van der Waals surface area contributed by atoms with E-state index in [1.54, 1.807) is 18.3 Å². The fourth-order valence-electron chi connectivity index (χ4n) is 1.33. The Labute approximate surface area is 108 Å². The summed E-state index contributed by atoms with van der Waals surface area (Å²) in [5.74, 6) is -0.910. The van der Waals surface area contributed by atoms with Crippen molar-refractivity contribution < 1.29 is 14.3 Å². The van der Waals surface area contributed by atoms with Gasteiger partial charge in [0, 0.05) is 12.4 Å². The number of aromatic amines is 1. The molecule has 0 saturated carbocycles. The lowest BCUT2D eigenvalue weighted by Crippen LogP contribution is -2.14. The van der Waals surface area contributed by atoms with Crippen LogP contribution >= 0.6 is 11.6 Å². The van der Waals surface area contributed by atoms with Crippen LogP contribution in [0.3, 0.4) is 0 Å². The Balaban J connectivity index is 1.95. The van der Waals surface area contributed by atoms with Gasteiger partial charge in [-0.2, -0.15) is 0 Å². The second kappa shape index (κ2) is 5.46. The van der Waals surface area contributed by atoms with Gasteiger partial charge in [0.15, 0.2) is 6.61 Å². The van der Waals surface area contributed by atoms with Crippen molar-refractivity contribution in [3.63, 3.8) is 0 Å². The zero-order chi connectivity index (χ0) is 13.0. The van der Waals surface area contributed by atoms with Gasteiger partial charge < -0.3 is 9.72 Å². The van der Waals surface area contributed by atoms with Crippen molar-refractivity contribution in [2.24, 2.45) is 0 Å². The summed E-state index contributed by atoms with van der Waals surface area (Å²) < 4.78 is 4.87.